The molecule has 0 aromatic heterocycles. The summed E-state index contributed by atoms with van der Waals surface area (Å²) in [5.41, 5.74) is 5.53. The lowest BCUT2D eigenvalue weighted by atomic mass is 9.97. The molecule has 0 spiro atoms. The molecule has 0 saturated heterocycles. The number of aliphatic hydroxyl groups excluding tert-OH is 1. The predicted molar refractivity (Wildman–Crippen MR) is 83.4 cm³/mol. The first-order valence-electron chi connectivity index (χ1n) is 7.53. The van der Waals surface area contributed by atoms with E-state index in [2.05, 4.69) is 37.7 Å². The summed E-state index contributed by atoms with van der Waals surface area (Å²) in [5.74, 6) is 0.708. The summed E-state index contributed by atoms with van der Waals surface area (Å²) in [4.78, 5) is 4.77. The molecule has 0 aliphatic carbocycles. The van der Waals surface area contributed by atoms with Gasteiger partial charge in [-0.05, 0) is 46.3 Å². The number of hydrogen-bond acceptors (Lipinski definition) is 4. The molecule has 0 aliphatic heterocycles. The number of unbranched alkanes of at least 4 members (excludes halogenated alkanes) is 1. The molecule has 0 aromatic rings. The van der Waals surface area contributed by atoms with Crippen LogP contribution in [0.2, 0.25) is 0 Å². The van der Waals surface area contributed by atoms with Crippen molar-refractivity contribution < 1.29 is 5.11 Å². The second-order valence-electron chi connectivity index (χ2n) is 6.77. The molecule has 1 unspecified atom stereocenters. The van der Waals surface area contributed by atoms with Crippen molar-refractivity contribution in [3.05, 3.63) is 0 Å². The molecular formula is C15H35N3O. The van der Waals surface area contributed by atoms with Gasteiger partial charge in [0, 0.05) is 25.2 Å². The van der Waals surface area contributed by atoms with E-state index in [0.717, 1.165) is 45.4 Å². The van der Waals surface area contributed by atoms with E-state index in [1.54, 1.807) is 0 Å². The van der Waals surface area contributed by atoms with Gasteiger partial charge in [-0.1, -0.05) is 20.3 Å². The van der Waals surface area contributed by atoms with E-state index in [-0.39, 0.29) is 6.61 Å². The molecule has 4 nitrogen and oxygen atoms in total. The standard InChI is InChI=1S/C15H35N3O/c1-14(2)12-18(11-10-17(4)5)9-7-6-8-15(3,16)13-19/h14,19H,6-13,16H2,1-5H3. The van der Waals surface area contributed by atoms with Crippen LogP contribution >= 0.6 is 0 Å². The molecule has 3 N–H and O–H groups in total. The highest BCUT2D eigenvalue weighted by Crippen LogP contribution is 2.10. The number of aliphatic hydroxyl groups is 1. The van der Waals surface area contributed by atoms with Crippen molar-refractivity contribution in [2.75, 3.05) is 46.9 Å². The van der Waals surface area contributed by atoms with Gasteiger partial charge in [0.1, 0.15) is 0 Å². The van der Waals surface area contributed by atoms with Crippen LogP contribution < -0.4 is 5.73 Å². The van der Waals surface area contributed by atoms with Crippen LogP contribution in [0.15, 0.2) is 0 Å². The van der Waals surface area contributed by atoms with Crippen LogP contribution in [0.4, 0.5) is 0 Å². The first kappa shape index (κ1) is 18.8. The average molecular weight is 273 g/mol. The molecular weight excluding hydrogens is 238 g/mol. The molecule has 0 fully saturated rings. The maximum absolute atomic E-state index is 9.13. The average Bonchev–Trinajstić information content (AvgIpc) is 2.30. The lowest BCUT2D eigenvalue weighted by Crippen LogP contribution is -2.40. The van der Waals surface area contributed by atoms with Crippen LogP contribution in [0.25, 0.3) is 0 Å². The molecule has 0 saturated carbocycles. The van der Waals surface area contributed by atoms with E-state index in [1.807, 2.05) is 6.92 Å². The Labute approximate surface area is 120 Å². The Morgan fingerprint density at radius 3 is 2.21 bits per heavy atom. The number of rotatable bonds is 11. The Morgan fingerprint density at radius 1 is 1.11 bits per heavy atom. The van der Waals surface area contributed by atoms with E-state index >= 15 is 0 Å². The molecule has 0 aliphatic rings. The minimum atomic E-state index is -0.410. The summed E-state index contributed by atoms with van der Waals surface area (Å²) < 4.78 is 0. The van der Waals surface area contributed by atoms with E-state index in [4.69, 9.17) is 10.8 Å². The Hall–Kier alpha value is -0.160. The van der Waals surface area contributed by atoms with Gasteiger partial charge in [-0.25, -0.2) is 0 Å². The van der Waals surface area contributed by atoms with Crippen LogP contribution in [0.1, 0.15) is 40.0 Å². The zero-order chi connectivity index (χ0) is 14.9. The summed E-state index contributed by atoms with van der Waals surface area (Å²) in [7, 11) is 4.24. The monoisotopic (exact) mass is 273 g/mol. The summed E-state index contributed by atoms with van der Waals surface area (Å²) in [6.07, 6.45) is 3.14. The highest BCUT2D eigenvalue weighted by atomic mass is 16.3. The van der Waals surface area contributed by atoms with Crippen molar-refractivity contribution in [2.24, 2.45) is 11.7 Å². The fourth-order valence-electron chi connectivity index (χ4n) is 2.10. The maximum Gasteiger partial charge on any atom is 0.0608 e. The third-order valence-corrected chi connectivity index (χ3v) is 3.32. The van der Waals surface area contributed by atoms with E-state index in [1.165, 1.54) is 0 Å². The Morgan fingerprint density at radius 2 is 1.74 bits per heavy atom. The minimum absolute atomic E-state index is 0.0728. The first-order chi connectivity index (χ1) is 8.76. The van der Waals surface area contributed by atoms with E-state index in [9.17, 15) is 0 Å². The van der Waals surface area contributed by atoms with Gasteiger partial charge in [-0.15, -0.1) is 0 Å². The third-order valence-electron chi connectivity index (χ3n) is 3.32. The zero-order valence-corrected chi connectivity index (χ0v) is 13.7. The molecule has 19 heavy (non-hydrogen) atoms. The lowest BCUT2D eigenvalue weighted by Gasteiger charge is -2.27. The smallest absolute Gasteiger partial charge is 0.0608 e. The van der Waals surface area contributed by atoms with E-state index in [0.29, 0.717) is 5.92 Å². The minimum Gasteiger partial charge on any atom is -0.394 e. The molecule has 0 radical (unpaired) electrons. The first-order valence-corrected chi connectivity index (χ1v) is 7.53. The third kappa shape index (κ3) is 11.4. The van der Waals surface area contributed by atoms with Gasteiger partial charge in [0.15, 0.2) is 0 Å². The van der Waals surface area contributed by atoms with Crippen molar-refractivity contribution in [1.82, 2.24) is 9.80 Å². The van der Waals surface area contributed by atoms with Gasteiger partial charge in [0.05, 0.1) is 6.61 Å². The van der Waals surface area contributed by atoms with Gasteiger partial charge in [-0.3, -0.25) is 0 Å². The van der Waals surface area contributed by atoms with Crippen molar-refractivity contribution in [2.45, 2.75) is 45.6 Å². The fourth-order valence-corrected chi connectivity index (χ4v) is 2.10. The van der Waals surface area contributed by atoms with Crippen molar-refractivity contribution in [3.8, 4) is 0 Å². The Kier molecular flexibility index (Phi) is 9.62. The summed E-state index contributed by atoms with van der Waals surface area (Å²) >= 11 is 0. The second kappa shape index (κ2) is 9.70. The van der Waals surface area contributed by atoms with Crippen LogP contribution in [-0.4, -0.2) is 67.3 Å². The van der Waals surface area contributed by atoms with Gasteiger partial charge < -0.3 is 20.6 Å². The number of nitrogens with two attached hydrogens (primary N) is 1. The molecule has 0 bridgehead atoms. The fraction of sp³-hybridized carbons (Fsp3) is 1.00. The molecule has 4 heteroatoms. The molecule has 0 heterocycles. The normalized spacial score (nSPS) is 15.5. The molecule has 116 valence electrons. The summed E-state index contributed by atoms with van der Waals surface area (Å²) in [5, 5.41) is 9.13. The van der Waals surface area contributed by atoms with Crippen LogP contribution in [-0.2, 0) is 0 Å². The Bertz CT molecular complexity index is 217. The van der Waals surface area contributed by atoms with Crippen LogP contribution in [0.5, 0.6) is 0 Å². The maximum atomic E-state index is 9.13. The van der Waals surface area contributed by atoms with Gasteiger partial charge in [0.2, 0.25) is 0 Å². The van der Waals surface area contributed by atoms with Crippen molar-refractivity contribution >= 4 is 0 Å². The van der Waals surface area contributed by atoms with Gasteiger partial charge >= 0.3 is 0 Å². The topological polar surface area (TPSA) is 52.7 Å². The summed E-state index contributed by atoms with van der Waals surface area (Å²) in [6.45, 7) is 11.1. The number of hydrogen-bond donors (Lipinski definition) is 2. The van der Waals surface area contributed by atoms with Crippen molar-refractivity contribution in [3.63, 3.8) is 0 Å². The SMILES string of the molecule is CC(C)CN(CCCCC(C)(N)CO)CCN(C)C. The number of likely N-dealkylation sites (N-methyl/N-ethyl adjacent to an activating group) is 1. The quantitative estimate of drug-likeness (QED) is 0.559. The second-order valence-corrected chi connectivity index (χ2v) is 6.77. The molecule has 1 atom stereocenters. The molecule has 0 aromatic carbocycles. The molecule has 0 rings (SSSR count). The largest absolute Gasteiger partial charge is 0.394 e. The van der Waals surface area contributed by atoms with Crippen LogP contribution in [0.3, 0.4) is 0 Å². The highest BCUT2D eigenvalue weighted by molar-refractivity contribution is 4.77. The number of nitrogens with zero attached hydrogens (tertiary/aromatic N) is 2. The van der Waals surface area contributed by atoms with Gasteiger partial charge in [-0.2, -0.15) is 0 Å². The Balaban J connectivity index is 3.91. The van der Waals surface area contributed by atoms with E-state index < -0.39 is 5.54 Å². The lowest BCUT2D eigenvalue weighted by molar-refractivity contribution is 0.188. The highest BCUT2D eigenvalue weighted by Gasteiger charge is 2.16. The van der Waals surface area contributed by atoms with Gasteiger partial charge in [0.25, 0.3) is 0 Å². The molecule has 0 amide bonds. The predicted octanol–water partition coefficient (Wildman–Crippen LogP) is 1.39. The summed E-state index contributed by atoms with van der Waals surface area (Å²) in [6, 6.07) is 0. The van der Waals surface area contributed by atoms with Crippen LogP contribution in [0, 0.1) is 5.92 Å². The zero-order valence-electron chi connectivity index (χ0n) is 13.7. The van der Waals surface area contributed by atoms with Crippen molar-refractivity contribution in [1.29, 1.82) is 0 Å².